The van der Waals surface area contributed by atoms with Crippen molar-refractivity contribution in [1.29, 1.82) is 0 Å². The second-order valence-corrected chi connectivity index (χ2v) is 5.29. The second-order valence-electron chi connectivity index (χ2n) is 4.43. The molecule has 0 saturated carbocycles. The van der Waals surface area contributed by atoms with Gasteiger partial charge in [0.05, 0.1) is 4.95 Å². The molecule has 0 amide bonds. The Bertz CT molecular complexity index is 509. The van der Waals surface area contributed by atoms with Gasteiger partial charge in [0.1, 0.15) is 0 Å². The molecule has 17 heavy (non-hydrogen) atoms. The molecule has 0 radical (unpaired) electrons. The van der Waals surface area contributed by atoms with Crippen LogP contribution in [-0.2, 0) is 13.1 Å². The van der Waals surface area contributed by atoms with E-state index in [-0.39, 0.29) is 0 Å². The Hall–Kier alpha value is -1.12. The lowest BCUT2D eigenvalue weighted by Gasteiger charge is -2.20. The Morgan fingerprint density at radius 3 is 2.47 bits per heavy atom. The van der Waals surface area contributed by atoms with Crippen LogP contribution < -0.4 is 0 Å². The topological polar surface area (TPSA) is 3.24 Å². The summed E-state index contributed by atoms with van der Waals surface area (Å²) in [4.78, 5) is 2.79. The summed E-state index contributed by atoms with van der Waals surface area (Å²) < 4.78 is 0. The highest BCUT2D eigenvalue weighted by atomic mass is 79.9. The summed E-state index contributed by atoms with van der Waals surface area (Å²) in [5.41, 5.74) is 4.21. The van der Waals surface area contributed by atoms with E-state index in [4.69, 9.17) is 0 Å². The smallest absolute Gasteiger partial charge is 0.0920 e. The van der Waals surface area contributed by atoms with Gasteiger partial charge in [0.25, 0.3) is 0 Å². The van der Waals surface area contributed by atoms with E-state index in [2.05, 4.69) is 75.4 Å². The molecule has 1 aliphatic heterocycles. The van der Waals surface area contributed by atoms with E-state index in [9.17, 15) is 0 Å². The summed E-state index contributed by atoms with van der Waals surface area (Å²) in [5, 5.41) is 0. The van der Waals surface area contributed by atoms with Crippen LogP contribution in [0.5, 0.6) is 0 Å². The van der Waals surface area contributed by atoms with Gasteiger partial charge in [0.2, 0.25) is 0 Å². The monoisotopic (exact) mass is 287 g/mol. The molecule has 0 aliphatic carbocycles. The molecule has 2 aromatic carbocycles. The fraction of sp³-hybridized carbons (Fsp3) is 0.200. The third-order valence-corrected chi connectivity index (χ3v) is 4.31. The third-order valence-electron chi connectivity index (χ3n) is 3.23. The van der Waals surface area contributed by atoms with Crippen LogP contribution in [0.4, 0.5) is 0 Å². The molecule has 0 fully saturated rings. The number of halogens is 1. The SMILES string of the molecule is BrC1c2ccccc2CN1Cc1ccccc1. The van der Waals surface area contributed by atoms with E-state index in [0.29, 0.717) is 4.95 Å². The second kappa shape index (κ2) is 4.63. The van der Waals surface area contributed by atoms with Crippen LogP contribution in [0, 0.1) is 0 Å². The highest BCUT2D eigenvalue weighted by Gasteiger charge is 2.27. The minimum absolute atomic E-state index is 0.346. The molecule has 1 aliphatic rings. The summed E-state index contributed by atoms with van der Waals surface area (Å²) in [7, 11) is 0. The highest BCUT2D eigenvalue weighted by molar-refractivity contribution is 9.09. The van der Waals surface area contributed by atoms with E-state index in [1.54, 1.807) is 0 Å². The van der Waals surface area contributed by atoms with E-state index in [1.807, 2.05) is 0 Å². The maximum Gasteiger partial charge on any atom is 0.0920 e. The number of rotatable bonds is 2. The van der Waals surface area contributed by atoms with Gasteiger partial charge >= 0.3 is 0 Å². The normalized spacial score (nSPS) is 19.2. The summed E-state index contributed by atoms with van der Waals surface area (Å²) in [6, 6.07) is 19.3. The first-order valence-electron chi connectivity index (χ1n) is 5.84. The van der Waals surface area contributed by atoms with Gasteiger partial charge in [-0.25, -0.2) is 0 Å². The Morgan fingerprint density at radius 2 is 1.71 bits per heavy atom. The average molecular weight is 288 g/mol. The molecule has 0 bridgehead atoms. The fourth-order valence-electron chi connectivity index (χ4n) is 2.36. The van der Waals surface area contributed by atoms with Crippen molar-refractivity contribution in [3.8, 4) is 0 Å². The van der Waals surface area contributed by atoms with Gasteiger partial charge in [-0.1, -0.05) is 70.5 Å². The lowest BCUT2D eigenvalue weighted by atomic mass is 10.1. The molecule has 1 heterocycles. The van der Waals surface area contributed by atoms with Gasteiger partial charge < -0.3 is 0 Å². The van der Waals surface area contributed by atoms with Gasteiger partial charge in [-0.05, 0) is 16.7 Å². The number of nitrogens with zero attached hydrogens (tertiary/aromatic N) is 1. The summed E-state index contributed by atoms with van der Waals surface area (Å²) in [5.74, 6) is 0. The molecular weight excluding hydrogens is 274 g/mol. The number of alkyl halides is 1. The molecule has 2 aromatic rings. The Morgan fingerprint density at radius 1 is 1.00 bits per heavy atom. The Labute approximate surface area is 110 Å². The molecule has 0 saturated heterocycles. The van der Waals surface area contributed by atoms with Gasteiger partial charge in [-0.15, -0.1) is 0 Å². The molecule has 3 rings (SSSR count). The van der Waals surface area contributed by atoms with Gasteiger partial charge in [-0.3, -0.25) is 4.90 Å². The zero-order valence-corrected chi connectivity index (χ0v) is 11.1. The predicted octanol–water partition coefficient (Wildman–Crippen LogP) is 4.10. The van der Waals surface area contributed by atoms with Crippen molar-refractivity contribution in [2.24, 2.45) is 0 Å². The third kappa shape index (κ3) is 2.15. The van der Waals surface area contributed by atoms with Crippen LogP contribution in [0.2, 0.25) is 0 Å². The first kappa shape index (κ1) is 11.0. The van der Waals surface area contributed by atoms with Crippen molar-refractivity contribution >= 4 is 15.9 Å². The highest BCUT2D eigenvalue weighted by Crippen LogP contribution is 2.38. The van der Waals surface area contributed by atoms with Crippen molar-refractivity contribution in [2.45, 2.75) is 18.0 Å². The first-order valence-corrected chi connectivity index (χ1v) is 6.76. The summed E-state index contributed by atoms with van der Waals surface area (Å²) in [6.45, 7) is 2.02. The minimum atomic E-state index is 0.346. The molecule has 0 aromatic heterocycles. The van der Waals surface area contributed by atoms with Crippen molar-refractivity contribution in [2.75, 3.05) is 0 Å². The van der Waals surface area contributed by atoms with Crippen LogP contribution in [0.15, 0.2) is 54.6 Å². The largest absolute Gasteiger partial charge is 0.279 e. The van der Waals surface area contributed by atoms with Crippen LogP contribution in [0.25, 0.3) is 0 Å². The minimum Gasteiger partial charge on any atom is -0.279 e. The number of benzene rings is 2. The van der Waals surface area contributed by atoms with Gasteiger partial charge in [0.15, 0.2) is 0 Å². The fourth-order valence-corrected chi connectivity index (χ4v) is 3.10. The zero-order valence-electron chi connectivity index (χ0n) is 9.51. The Kier molecular flexibility index (Phi) is 3.00. The van der Waals surface area contributed by atoms with E-state index >= 15 is 0 Å². The molecule has 1 atom stereocenters. The van der Waals surface area contributed by atoms with Crippen molar-refractivity contribution < 1.29 is 0 Å². The molecule has 1 unspecified atom stereocenters. The van der Waals surface area contributed by atoms with Crippen LogP contribution in [0.3, 0.4) is 0 Å². The van der Waals surface area contributed by atoms with E-state index in [0.717, 1.165) is 13.1 Å². The van der Waals surface area contributed by atoms with Crippen LogP contribution in [0.1, 0.15) is 21.6 Å². The van der Waals surface area contributed by atoms with Crippen molar-refractivity contribution in [1.82, 2.24) is 4.90 Å². The number of fused-ring (bicyclic) bond motifs is 1. The van der Waals surface area contributed by atoms with Crippen LogP contribution >= 0.6 is 15.9 Å². The summed E-state index contributed by atoms with van der Waals surface area (Å²) in [6.07, 6.45) is 0. The lowest BCUT2D eigenvalue weighted by molar-refractivity contribution is 0.272. The number of hydrogen-bond donors (Lipinski definition) is 0. The quantitative estimate of drug-likeness (QED) is 0.594. The van der Waals surface area contributed by atoms with Crippen molar-refractivity contribution in [3.05, 3.63) is 71.3 Å². The summed E-state index contributed by atoms with van der Waals surface area (Å²) >= 11 is 3.79. The maximum atomic E-state index is 3.79. The first-order chi connectivity index (χ1) is 8.34. The molecule has 0 spiro atoms. The molecule has 86 valence electrons. The number of hydrogen-bond acceptors (Lipinski definition) is 1. The standard InChI is InChI=1S/C15H14BrN/c16-15-14-9-5-4-8-13(14)11-17(15)10-12-6-2-1-3-7-12/h1-9,15H,10-11H2. The van der Waals surface area contributed by atoms with E-state index in [1.165, 1.54) is 16.7 Å². The predicted molar refractivity (Wildman–Crippen MR) is 73.8 cm³/mol. The average Bonchev–Trinajstić information content (AvgIpc) is 2.68. The van der Waals surface area contributed by atoms with Crippen LogP contribution in [-0.4, -0.2) is 4.90 Å². The molecule has 0 N–H and O–H groups in total. The van der Waals surface area contributed by atoms with Gasteiger partial charge in [0, 0.05) is 13.1 Å². The molecule has 2 heteroatoms. The van der Waals surface area contributed by atoms with Crippen molar-refractivity contribution in [3.63, 3.8) is 0 Å². The lowest BCUT2D eigenvalue weighted by Crippen LogP contribution is -2.17. The molecular formula is C15H14BrN. The maximum absolute atomic E-state index is 3.79. The van der Waals surface area contributed by atoms with Gasteiger partial charge in [-0.2, -0.15) is 0 Å². The molecule has 1 nitrogen and oxygen atoms in total. The van der Waals surface area contributed by atoms with E-state index < -0.39 is 0 Å². The Balaban J connectivity index is 1.81. The zero-order chi connectivity index (χ0) is 11.7.